The van der Waals surface area contributed by atoms with Gasteiger partial charge in [-0.2, -0.15) is 9.61 Å². The van der Waals surface area contributed by atoms with Crippen LogP contribution in [0.25, 0.3) is 5.65 Å². The number of carbonyl (C=O) groups is 1. The van der Waals surface area contributed by atoms with Crippen LogP contribution < -0.4 is 21.5 Å². The van der Waals surface area contributed by atoms with Gasteiger partial charge in [-0.1, -0.05) is 0 Å². The predicted molar refractivity (Wildman–Crippen MR) is 121 cm³/mol. The van der Waals surface area contributed by atoms with Crippen LogP contribution in [0.4, 0.5) is 21.7 Å². The van der Waals surface area contributed by atoms with Crippen LogP contribution in [0.3, 0.4) is 0 Å². The largest absolute Gasteiger partial charge is 0.391 e. The van der Waals surface area contributed by atoms with Crippen LogP contribution in [0.1, 0.15) is 48.5 Å². The van der Waals surface area contributed by atoms with E-state index in [0.29, 0.717) is 36.6 Å². The molecule has 1 amide bonds. The van der Waals surface area contributed by atoms with E-state index >= 15 is 0 Å². The number of anilines is 3. The van der Waals surface area contributed by atoms with Crippen LogP contribution in [0, 0.1) is 0 Å². The van der Waals surface area contributed by atoms with Gasteiger partial charge in [-0.3, -0.25) is 9.59 Å². The molecule has 174 valence electrons. The zero-order valence-electron chi connectivity index (χ0n) is 18.2. The minimum absolute atomic E-state index is 0.216. The Labute approximate surface area is 188 Å². The van der Waals surface area contributed by atoms with Gasteiger partial charge in [0, 0.05) is 19.3 Å². The normalized spacial score (nSPS) is 24.5. The molecule has 3 aromatic heterocycles. The highest BCUT2D eigenvalue weighted by atomic mass is 19.1. The molecule has 0 aromatic carbocycles. The molecule has 2 fully saturated rings. The summed E-state index contributed by atoms with van der Waals surface area (Å²) < 4.78 is 16.6. The van der Waals surface area contributed by atoms with Gasteiger partial charge in [-0.15, -0.1) is 0 Å². The Bertz CT molecular complexity index is 1260. The first-order valence-electron chi connectivity index (χ1n) is 11.1. The predicted octanol–water partition coefficient (Wildman–Crippen LogP) is 1.99. The van der Waals surface area contributed by atoms with E-state index in [0.717, 1.165) is 12.8 Å². The van der Waals surface area contributed by atoms with Crippen molar-refractivity contribution in [1.29, 1.82) is 0 Å². The molecule has 10 nitrogen and oxygen atoms in total. The first kappa shape index (κ1) is 21.4. The third kappa shape index (κ3) is 3.82. The minimum Gasteiger partial charge on any atom is -0.391 e. The highest BCUT2D eigenvalue weighted by molar-refractivity contribution is 6.00. The number of aliphatic hydroxyl groups is 1. The van der Waals surface area contributed by atoms with Crippen LogP contribution in [0.2, 0.25) is 0 Å². The van der Waals surface area contributed by atoms with E-state index in [9.17, 15) is 19.1 Å². The number of rotatable bonds is 6. The summed E-state index contributed by atoms with van der Waals surface area (Å²) in [6.45, 7) is 0. The average Bonchev–Trinajstić information content (AvgIpc) is 3.43. The van der Waals surface area contributed by atoms with Crippen molar-refractivity contribution < 1.29 is 14.3 Å². The zero-order valence-corrected chi connectivity index (χ0v) is 18.2. The lowest BCUT2D eigenvalue weighted by Crippen LogP contribution is -2.48. The molecule has 0 bridgehead atoms. The van der Waals surface area contributed by atoms with Gasteiger partial charge in [0.15, 0.2) is 5.65 Å². The molecule has 2 aliphatic carbocycles. The smallest absolute Gasteiger partial charge is 0.274 e. The van der Waals surface area contributed by atoms with Gasteiger partial charge in [0.25, 0.3) is 11.5 Å². The molecule has 3 heterocycles. The molecule has 4 atom stereocenters. The Morgan fingerprint density at radius 1 is 1.27 bits per heavy atom. The summed E-state index contributed by atoms with van der Waals surface area (Å²) in [5, 5.41) is 23.2. The fourth-order valence-electron chi connectivity index (χ4n) is 4.48. The SMILES string of the molecule is CNc1cc(Nc2cccn([C@H]3CCC[C@H]3O)c2=O)nc2c(C(=O)N[C@H]3CC[C@@H]3F)cnn12. The van der Waals surface area contributed by atoms with E-state index in [1.807, 2.05) is 0 Å². The zero-order chi connectivity index (χ0) is 23.1. The van der Waals surface area contributed by atoms with E-state index < -0.39 is 24.2 Å². The molecule has 0 aliphatic heterocycles. The Morgan fingerprint density at radius 3 is 2.79 bits per heavy atom. The highest BCUT2D eigenvalue weighted by Gasteiger charge is 2.33. The number of amides is 1. The molecular formula is C22H26FN7O3. The van der Waals surface area contributed by atoms with Gasteiger partial charge >= 0.3 is 0 Å². The van der Waals surface area contributed by atoms with Gasteiger partial charge in [0.05, 0.1) is 24.4 Å². The van der Waals surface area contributed by atoms with E-state index in [1.165, 1.54) is 10.7 Å². The topological polar surface area (TPSA) is 126 Å². The van der Waals surface area contributed by atoms with Gasteiger partial charge < -0.3 is 25.6 Å². The standard InChI is InChI=1S/C22H26FN7O3/c1-24-19-10-18(26-15-4-3-9-29(22(15)33)16-5-2-6-17(16)31)28-20-12(11-25-30(19)20)21(32)27-14-8-7-13(14)23/h3-4,9-11,13-14,16-17,24,31H,2,5-8H2,1H3,(H,26,28)(H,27,32)/t13-,14-,16-,17+/m0/s1. The Kier molecular flexibility index (Phi) is 5.49. The number of fused-ring (bicyclic) bond motifs is 1. The maximum absolute atomic E-state index is 13.6. The lowest BCUT2D eigenvalue weighted by molar-refractivity contribution is 0.0826. The molecule has 11 heteroatoms. The number of aromatic nitrogens is 4. The van der Waals surface area contributed by atoms with E-state index in [-0.39, 0.29) is 22.8 Å². The molecule has 3 aromatic rings. The summed E-state index contributed by atoms with van der Waals surface area (Å²) in [5.74, 6) is 0.451. The maximum atomic E-state index is 13.6. The van der Waals surface area contributed by atoms with Crippen molar-refractivity contribution in [2.45, 2.75) is 56.5 Å². The molecular weight excluding hydrogens is 429 g/mol. The van der Waals surface area contributed by atoms with E-state index in [1.54, 1.807) is 36.0 Å². The monoisotopic (exact) mass is 455 g/mol. The Balaban J connectivity index is 1.48. The van der Waals surface area contributed by atoms with E-state index in [4.69, 9.17) is 0 Å². The number of hydrogen-bond donors (Lipinski definition) is 4. The van der Waals surface area contributed by atoms with Gasteiger partial charge in [-0.25, -0.2) is 9.37 Å². The molecule has 0 spiro atoms. The van der Waals surface area contributed by atoms with Crippen molar-refractivity contribution in [2.24, 2.45) is 0 Å². The number of halogens is 1. The number of nitrogens with one attached hydrogen (secondary N) is 3. The summed E-state index contributed by atoms with van der Waals surface area (Å²) in [5.41, 5.74) is 0.533. The van der Waals surface area contributed by atoms with Crippen LogP contribution in [0.15, 0.2) is 35.4 Å². The molecule has 0 unspecified atom stereocenters. The number of nitrogens with zero attached hydrogens (tertiary/aromatic N) is 4. The average molecular weight is 455 g/mol. The van der Waals surface area contributed by atoms with Gasteiger partial charge in [0.1, 0.15) is 29.1 Å². The summed E-state index contributed by atoms with van der Waals surface area (Å²) in [7, 11) is 1.71. The summed E-state index contributed by atoms with van der Waals surface area (Å²) in [6, 6.07) is 4.32. The minimum atomic E-state index is -1.03. The Morgan fingerprint density at radius 2 is 2.12 bits per heavy atom. The Hall–Kier alpha value is -3.47. The molecule has 5 rings (SSSR count). The third-order valence-corrected chi connectivity index (χ3v) is 6.52. The molecule has 2 saturated carbocycles. The van der Waals surface area contributed by atoms with Gasteiger partial charge in [-0.05, 0) is 44.2 Å². The lowest BCUT2D eigenvalue weighted by Gasteiger charge is -2.30. The second kappa shape index (κ2) is 8.47. The van der Waals surface area contributed by atoms with Crippen LogP contribution >= 0.6 is 0 Å². The van der Waals surface area contributed by atoms with Crippen molar-refractivity contribution in [2.75, 3.05) is 17.7 Å². The van der Waals surface area contributed by atoms with Crippen molar-refractivity contribution >= 4 is 28.9 Å². The molecule has 0 radical (unpaired) electrons. The van der Waals surface area contributed by atoms with Crippen molar-refractivity contribution in [1.82, 2.24) is 24.5 Å². The summed E-state index contributed by atoms with van der Waals surface area (Å²) >= 11 is 0. The lowest BCUT2D eigenvalue weighted by atomic mass is 9.90. The first-order valence-corrected chi connectivity index (χ1v) is 11.1. The van der Waals surface area contributed by atoms with E-state index in [2.05, 4.69) is 26.0 Å². The molecule has 4 N–H and O–H groups in total. The fourth-order valence-corrected chi connectivity index (χ4v) is 4.48. The van der Waals surface area contributed by atoms with Crippen LogP contribution in [-0.2, 0) is 0 Å². The van der Waals surface area contributed by atoms with Crippen LogP contribution in [0.5, 0.6) is 0 Å². The number of pyridine rings is 1. The number of carbonyl (C=O) groups excluding carboxylic acids is 1. The summed E-state index contributed by atoms with van der Waals surface area (Å²) in [6.07, 6.45) is 4.83. The molecule has 0 saturated heterocycles. The third-order valence-electron chi connectivity index (χ3n) is 6.52. The quantitative estimate of drug-likeness (QED) is 0.448. The van der Waals surface area contributed by atoms with Crippen molar-refractivity contribution in [3.05, 3.63) is 46.5 Å². The molecule has 2 aliphatic rings. The number of hydrogen-bond acceptors (Lipinski definition) is 7. The fraction of sp³-hybridized carbons (Fsp3) is 0.455. The van der Waals surface area contributed by atoms with Crippen molar-refractivity contribution in [3.63, 3.8) is 0 Å². The second-order valence-corrected chi connectivity index (χ2v) is 8.57. The highest BCUT2D eigenvalue weighted by Crippen LogP contribution is 2.29. The first-order chi connectivity index (χ1) is 16.0. The second-order valence-electron chi connectivity index (χ2n) is 8.57. The maximum Gasteiger partial charge on any atom is 0.274 e. The van der Waals surface area contributed by atoms with Crippen LogP contribution in [-0.4, -0.2) is 55.5 Å². The summed E-state index contributed by atoms with van der Waals surface area (Å²) in [4.78, 5) is 30.3. The van der Waals surface area contributed by atoms with Gasteiger partial charge in [0.2, 0.25) is 0 Å². The number of alkyl halides is 1. The molecule has 33 heavy (non-hydrogen) atoms. The van der Waals surface area contributed by atoms with Crippen molar-refractivity contribution in [3.8, 4) is 0 Å². The number of aliphatic hydroxyl groups excluding tert-OH is 1.